The molecule has 0 aliphatic carbocycles. The van der Waals surface area contributed by atoms with Crippen molar-refractivity contribution in [2.75, 3.05) is 25.6 Å². The van der Waals surface area contributed by atoms with Crippen molar-refractivity contribution >= 4 is 47.7 Å². The van der Waals surface area contributed by atoms with E-state index in [2.05, 4.69) is 29.9 Å². The Morgan fingerprint density at radius 1 is 1.17 bits per heavy atom. The van der Waals surface area contributed by atoms with Gasteiger partial charge in [0.15, 0.2) is 33.6 Å². The molecule has 42 heavy (non-hydrogen) atoms. The number of alkyl halides is 1. The molecule has 6 rings (SSSR count). The van der Waals surface area contributed by atoms with Gasteiger partial charge in [-0.25, -0.2) is 19.5 Å². The summed E-state index contributed by atoms with van der Waals surface area (Å²) in [4.78, 5) is 53.6. The molecule has 4 aromatic rings. The molecule has 2 fully saturated rings. The first kappa shape index (κ1) is 28.8. The van der Waals surface area contributed by atoms with Gasteiger partial charge in [0.2, 0.25) is 5.95 Å². The van der Waals surface area contributed by atoms with Crippen molar-refractivity contribution in [2.24, 2.45) is 0 Å². The van der Waals surface area contributed by atoms with E-state index in [0.717, 1.165) is 17.2 Å². The maximum absolute atomic E-state index is 13.0. The molecular weight excluding hydrogens is 609 g/mol. The number of H-pyrrole nitrogens is 2. The first-order chi connectivity index (χ1) is 19.9. The average molecular weight is 632 g/mol. The molecule has 0 spiro atoms. The molecule has 2 aliphatic heterocycles. The zero-order valence-electron chi connectivity index (χ0n) is 21.0. The smallest absolute Gasteiger partial charge is 0.394 e. The Labute approximate surface area is 237 Å². The summed E-state index contributed by atoms with van der Waals surface area (Å²) >= 11 is 6.65. The molecule has 8 N–H and O–H groups in total. The Bertz CT molecular complexity index is 1810. The van der Waals surface area contributed by atoms with E-state index in [0.29, 0.717) is 0 Å². The van der Waals surface area contributed by atoms with E-state index in [4.69, 9.17) is 35.9 Å². The molecule has 22 heteroatoms. The van der Waals surface area contributed by atoms with Gasteiger partial charge < -0.3 is 40.4 Å². The van der Waals surface area contributed by atoms with Crippen LogP contribution in [0.25, 0.3) is 22.3 Å². The third-order valence-corrected chi connectivity index (χ3v) is 8.42. The number of nitrogens with zero attached hydrogens (tertiary/aromatic N) is 6. The van der Waals surface area contributed by atoms with Gasteiger partial charge in [0, 0.05) is 0 Å². The van der Waals surface area contributed by atoms with Crippen LogP contribution in [0, 0.1) is 0 Å². The number of hydrogen-bond donors (Lipinski definition) is 7. The SMILES string of the molecule is Nc1nc2c(ncn2[C@@H]2O[C@H](CO)[C@@H](O)[C@H]2OP(=O)(O)OC[C@H]2OC[C@](Cl)(n3cnc4c(=O)[nH]cnc43)[C@@H]2O)c(=O)[nH]1. The van der Waals surface area contributed by atoms with Crippen LogP contribution in [0.5, 0.6) is 0 Å². The van der Waals surface area contributed by atoms with Crippen LogP contribution in [-0.4, -0.2) is 110 Å². The lowest BCUT2D eigenvalue weighted by atomic mass is 10.1. The quantitative estimate of drug-likeness (QED) is 0.0765. The van der Waals surface area contributed by atoms with Crippen molar-refractivity contribution in [3.63, 3.8) is 0 Å². The minimum Gasteiger partial charge on any atom is -0.394 e. The van der Waals surface area contributed by atoms with Crippen LogP contribution >= 0.6 is 19.4 Å². The molecule has 0 aromatic carbocycles. The number of phosphoric ester groups is 1. The van der Waals surface area contributed by atoms with Crippen LogP contribution in [0.15, 0.2) is 28.6 Å². The maximum atomic E-state index is 13.0. The van der Waals surface area contributed by atoms with Crippen LogP contribution in [0.3, 0.4) is 0 Å². The van der Waals surface area contributed by atoms with Gasteiger partial charge in [-0.2, -0.15) is 4.98 Å². The van der Waals surface area contributed by atoms with Crippen molar-refractivity contribution in [1.82, 2.24) is 39.0 Å². The number of aliphatic hydroxyl groups is 3. The topological polar surface area (TPSA) is 288 Å². The summed E-state index contributed by atoms with van der Waals surface area (Å²) in [7, 11) is -5.04. The first-order valence-corrected chi connectivity index (χ1v) is 14.0. The van der Waals surface area contributed by atoms with Gasteiger partial charge in [-0.15, -0.1) is 0 Å². The predicted octanol–water partition coefficient (Wildman–Crippen LogP) is -2.76. The highest BCUT2D eigenvalue weighted by Gasteiger charge is 2.52. The Hall–Kier alpha value is -3.30. The average Bonchev–Trinajstić information content (AvgIpc) is 3.70. The Morgan fingerprint density at radius 2 is 1.90 bits per heavy atom. The van der Waals surface area contributed by atoms with Gasteiger partial charge in [0.1, 0.15) is 30.5 Å². The number of halogens is 1. The molecule has 20 nitrogen and oxygen atoms in total. The van der Waals surface area contributed by atoms with E-state index in [1.165, 1.54) is 10.9 Å². The number of aromatic amines is 2. The Balaban J connectivity index is 1.19. The minimum absolute atomic E-state index is 0.0288. The summed E-state index contributed by atoms with van der Waals surface area (Å²) in [5.41, 5.74) is 4.24. The summed E-state index contributed by atoms with van der Waals surface area (Å²) in [6.45, 7) is -1.72. The Morgan fingerprint density at radius 3 is 2.67 bits per heavy atom. The number of anilines is 1. The van der Waals surface area contributed by atoms with Crippen molar-refractivity contribution in [2.45, 2.75) is 41.7 Å². The van der Waals surface area contributed by atoms with E-state index in [1.807, 2.05) is 0 Å². The largest absolute Gasteiger partial charge is 0.472 e. The predicted molar refractivity (Wildman–Crippen MR) is 138 cm³/mol. The van der Waals surface area contributed by atoms with Crippen molar-refractivity contribution in [1.29, 1.82) is 0 Å². The molecule has 2 aliphatic rings. The van der Waals surface area contributed by atoms with Gasteiger partial charge >= 0.3 is 7.82 Å². The number of imidazole rings is 2. The highest BCUT2D eigenvalue weighted by atomic mass is 35.5. The molecule has 1 unspecified atom stereocenters. The van der Waals surface area contributed by atoms with E-state index < -0.39 is 73.9 Å². The van der Waals surface area contributed by atoms with Crippen LogP contribution < -0.4 is 16.9 Å². The molecule has 2 saturated heterocycles. The number of nitrogens with two attached hydrogens (primary N) is 1. The van der Waals surface area contributed by atoms with Crippen molar-refractivity contribution in [3.8, 4) is 0 Å². The Kier molecular flexibility index (Phi) is 7.17. The molecule has 0 amide bonds. The molecule has 8 atom stereocenters. The molecule has 6 heterocycles. The molecule has 0 saturated carbocycles. The number of fused-ring (bicyclic) bond motifs is 2. The van der Waals surface area contributed by atoms with Crippen LogP contribution in [0.4, 0.5) is 5.95 Å². The van der Waals surface area contributed by atoms with Crippen LogP contribution in [0.1, 0.15) is 6.23 Å². The number of rotatable bonds is 8. The third-order valence-electron chi connectivity index (χ3n) is 6.92. The monoisotopic (exact) mass is 631 g/mol. The molecule has 0 bridgehead atoms. The summed E-state index contributed by atoms with van der Waals surface area (Å²) in [5, 5.41) is 31.3. The zero-order valence-corrected chi connectivity index (χ0v) is 22.7. The highest BCUT2D eigenvalue weighted by Crippen LogP contribution is 2.50. The third kappa shape index (κ3) is 4.71. The summed E-state index contributed by atoms with van der Waals surface area (Å²) in [6, 6.07) is 0. The molecular formula is C20H23ClN9O11P. The summed E-state index contributed by atoms with van der Waals surface area (Å²) in [5.74, 6) is -0.253. The van der Waals surface area contributed by atoms with Gasteiger partial charge in [-0.3, -0.25) is 32.8 Å². The number of nitrogens with one attached hydrogen (secondary N) is 2. The molecule has 226 valence electrons. The van der Waals surface area contributed by atoms with E-state index in [1.54, 1.807) is 0 Å². The second kappa shape index (κ2) is 10.5. The number of ether oxygens (including phenoxy) is 2. The number of nitrogen functional groups attached to an aromatic ring is 1. The fourth-order valence-electron chi connectivity index (χ4n) is 4.84. The second-order valence-corrected chi connectivity index (χ2v) is 11.5. The lowest BCUT2D eigenvalue weighted by molar-refractivity contribution is -0.0533. The standard InChI is InChI=1S/C20H23ClN9O11P/c21-20(30-6-26-9-14(30)23-4-24-16(9)34)3-38-8(13(20)33)2-39-42(36,37)41-12-11(32)7(1-31)40-18(12)29-5-25-10-15(29)27-19(22)28-17(10)35/h4-8,11-13,18,31-33H,1-3H2,(H,36,37)(H,23,24,34)(H3,22,27,28,35)/t7-,8-,11-,12-,13-,18-,20+/m1/s1. The highest BCUT2D eigenvalue weighted by molar-refractivity contribution is 7.47. The van der Waals surface area contributed by atoms with Crippen LogP contribution in [-0.2, 0) is 28.1 Å². The van der Waals surface area contributed by atoms with E-state index >= 15 is 0 Å². The zero-order chi connectivity index (χ0) is 30.0. The maximum Gasteiger partial charge on any atom is 0.472 e. The number of hydrogen-bond acceptors (Lipinski definition) is 15. The van der Waals surface area contributed by atoms with Crippen molar-refractivity contribution < 1.29 is 43.3 Å². The normalized spacial score (nSPS) is 31.3. The lowest BCUT2D eigenvalue weighted by Gasteiger charge is -2.27. The fraction of sp³-hybridized carbons (Fsp3) is 0.500. The van der Waals surface area contributed by atoms with Gasteiger partial charge in [0.25, 0.3) is 11.1 Å². The molecule has 4 aromatic heterocycles. The fourth-order valence-corrected chi connectivity index (χ4v) is 6.10. The van der Waals surface area contributed by atoms with Crippen molar-refractivity contribution in [3.05, 3.63) is 39.7 Å². The summed E-state index contributed by atoms with van der Waals surface area (Å²) in [6.07, 6.45) is -5.30. The number of phosphoric acid groups is 1. The molecule has 0 radical (unpaired) electrons. The number of aromatic nitrogens is 8. The summed E-state index contributed by atoms with van der Waals surface area (Å²) < 4.78 is 36.9. The van der Waals surface area contributed by atoms with Crippen LogP contribution in [0.2, 0.25) is 0 Å². The number of aliphatic hydroxyl groups excluding tert-OH is 3. The lowest BCUT2D eigenvalue weighted by Crippen LogP contribution is -2.42. The van der Waals surface area contributed by atoms with Gasteiger partial charge in [0.05, 0.1) is 38.8 Å². The van der Waals surface area contributed by atoms with E-state index in [9.17, 15) is 34.4 Å². The van der Waals surface area contributed by atoms with Gasteiger partial charge in [-0.05, 0) is 0 Å². The van der Waals surface area contributed by atoms with E-state index in [-0.39, 0.29) is 34.9 Å². The first-order valence-electron chi connectivity index (χ1n) is 12.2. The minimum atomic E-state index is -5.04. The second-order valence-electron chi connectivity index (χ2n) is 9.48. The van der Waals surface area contributed by atoms with Gasteiger partial charge in [-0.1, -0.05) is 11.6 Å².